The number of nitrogens with zero attached hydrogens (tertiary/aromatic N) is 1. The monoisotopic (exact) mass is 535 g/mol. The molecule has 1 saturated heterocycles. The Bertz CT molecular complexity index is 1270. The zero-order valence-electron chi connectivity index (χ0n) is 21.3. The number of likely N-dealkylation sites (tertiary alicyclic amines) is 1. The molecule has 2 N–H and O–H groups in total. The molecule has 0 spiro atoms. The average molecular weight is 536 g/mol. The van der Waals surface area contributed by atoms with Gasteiger partial charge in [-0.3, -0.25) is 14.5 Å². The summed E-state index contributed by atoms with van der Waals surface area (Å²) in [5.74, 6) is -1.79. The molecule has 1 amide bonds. The van der Waals surface area contributed by atoms with Crippen molar-refractivity contribution < 1.29 is 23.0 Å². The summed E-state index contributed by atoms with van der Waals surface area (Å²) < 4.78 is 38.9. The van der Waals surface area contributed by atoms with Crippen LogP contribution in [-0.2, 0) is 6.54 Å². The normalized spacial score (nSPS) is 24.9. The predicted octanol–water partition coefficient (Wildman–Crippen LogP) is 4.53. The lowest BCUT2D eigenvalue weighted by Gasteiger charge is -2.47. The van der Waals surface area contributed by atoms with Gasteiger partial charge in [-0.05, 0) is 70.1 Å². The number of aromatic nitrogens is 1. The van der Waals surface area contributed by atoms with E-state index in [1.54, 1.807) is 13.0 Å². The van der Waals surface area contributed by atoms with Crippen molar-refractivity contribution in [3.8, 4) is 11.5 Å². The number of ether oxygens (including phenoxy) is 2. The standard InChI is InChI=1S/C27H32ClF2N3O4/c1-14-8-15(2)32-26(35)20(14)10-31-25(34)19-9-21(28)24-23(16(19)3)37-22(11-36-24)17-4-6-18(7-5-17)33-12-27(29,30)13-33/h8-9,17-18,22H,4-7,10-13H2,1-3H3,(H,31,34)(H,32,35). The number of hydrogen-bond acceptors (Lipinski definition) is 5. The van der Waals surface area contributed by atoms with Crippen molar-refractivity contribution in [2.24, 2.45) is 5.92 Å². The third-order valence-corrected chi connectivity index (χ3v) is 8.20. The Balaban J connectivity index is 1.26. The Morgan fingerprint density at radius 1 is 1.16 bits per heavy atom. The first-order valence-electron chi connectivity index (χ1n) is 12.7. The zero-order chi connectivity index (χ0) is 26.5. The summed E-state index contributed by atoms with van der Waals surface area (Å²) in [4.78, 5) is 30.0. The summed E-state index contributed by atoms with van der Waals surface area (Å²) in [6.45, 7) is 5.59. The first kappa shape index (κ1) is 26.0. The molecule has 1 aromatic heterocycles. The lowest BCUT2D eigenvalue weighted by atomic mass is 9.81. The van der Waals surface area contributed by atoms with E-state index >= 15 is 0 Å². The third-order valence-electron chi connectivity index (χ3n) is 7.92. The van der Waals surface area contributed by atoms with Crippen molar-refractivity contribution in [1.29, 1.82) is 0 Å². The maximum atomic E-state index is 13.3. The maximum absolute atomic E-state index is 13.3. The first-order chi connectivity index (χ1) is 17.5. The first-order valence-corrected chi connectivity index (χ1v) is 13.1. The number of alkyl halides is 2. The van der Waals surface area contributed by atoms with Gasteiger partial charge in [0, 0.05) is 35.0 Å². The largest absolute Gasteiger partial charge is 0.484 e. The van der Waals surface area contributed by atoms with Gasteiger partial charge in [-0.2, -0.15) is 0 Å². The van der Waals surface area contributed by atoms with Crippen LogP contribution in [0.5, 0.6) is 11.5 Å². The molecule has 5 rings (SSSR count). The van der Waals surface area contributed by atoms with Crippen LogP contribution >= 0.6 is 11.6 Å². The van der Waals surface area contributed by atoms with Crippen LogP contribution in [0.3, 0.4) is 0 Å². The number of benzene rings is 1. The minimum atomic E-state index is -2.55. The van der Waals surface area contributed by atoms with Crippen LogP contribution in [0.1, 0.15) is 58.4 Å². The van der Waals surface area contributed by atoms with E-state index in [4.69, 9.17) is 21.1 Å². The van der Waals surface area contributed by atoms with Gasteiger partial charge in [-0.25, -0.2) is 8.78 Å². The van der Waals surface area contributed by atoms with E-state index in [2.05, 4.69) is 10.3 Å². The van der Waals surface area contributed by atoms with Crippen molar-refractivity contribution in [1.82, 2.24) is 15.2 Å². The fourth-order valence-electron chi connectivity index (χ4n) is 5.81. The molecular formula is C27H32ClF2N3O4. The van der Waals surface area contributed by atoms with Crippen molar-refractivity contribution in [3.63, 3.8) is 0 Å². The second-order valence-electron chi connectivity index (χ2n) is 10.6. The van der Waals surface area contributed by atoms with Crippen LogP contribution in [0, 0.1) is 26.7 Å². The van der Waals surface area contributed by atoms with Crippen molar-refractivity contribution in [3.05, 3.63) is 55.5 Å². The summed E-state index contributed by atoms with van der Waals surface area (Å²) in [6, 6.07) is 3.62. The van der Waals surface area contributed by atoms with E-state index in [1.807, 2.05) is 24.8 Å². The van der Waals surface area contributed by atoms with E-state index in [0.717, 1.165) is 36.9 Å². The Hall–Kier alpha value is -2.65. The SMILES string of the molecule is Cc1cc(C)c(CNC(=O)c2cc(Cl)c3c(c2C)OC(C2CCC(N4CC(F)(F)C4)CC2)CO3)c(=O)[nH]1. The molecule has 1 aromatic carbocycles. The average Bonchev–Trinajstić information content (AvgIpc) is 2.83. The van der Waals surface area contributed by atoms with Crippen LogP contribution in [0.2, 0.25) is 5.02 Å². The van der Waals surface area contributed by atoms with Gasteiger partial charge in [0.15, 0.2) is 11.5 Å². The van der Waals surface area contributed by atoms with Gasteiger partial charge in [-0.15, -0.1) is 0 Å². The molecule has 2 aliphatic heterocycles. The smallest absolute Gasteiger partial charge is 0.272 e. The van der Waals surface area contributed by atoms with Crippen LogP contribution < -0.4 is 20.3 Å². The van der Waals surface area contributed by atoms with E-state index < -0.39 is 5.92 Å². The summed E-state index contributed by atoms with van der Waals surface area (Å²) in [5, 5.41) is 3.11. The number of hydrogen-bond donors (Lipinski definition) is 2. The minimum Gasteiger partial charge on any atom is -0.484 e. The number of halogens is 3. The molecule has 7 nitrogen and oxygen atoms in total. The maximum Gasteiger partial charge on any atom is 0.272 e. The number of rotatable bonds is 5. The molecule has 3 aliphatic rings. The number of fused-ring (bicyclic) bond motifs is 1. The van der Waals surface area contributed by atoms with Crippen LogP contribution in [-0.4, -0.2) is 53.6 Å². The van der Waals surface area contributed by atoms with Gasteiger partial charge in [-0.1, -0.05) is 11.6 Å². The Morgan fingerprint density at radius 2 is 1.86 bits per heavy atom. The highest BCUT2D eigenvalue weighted by atomic mass is 35.5. The molecule has 0 radical (unpaired) electrons. The fraction of sp³-hybridized carbons (Fsp3) is 0.556. The molecule has 37 heavy (non-hydrogen) atoms. The van der Waals surface area contributed by atoms with Gasteiger partial charge >= 0.3 is 0 Å². The van der Waals surface area contributed by atoms with Gasteiger partial charge in [0.1, 0.15) is 12.7 Å². The Labute approximate surface area is 219 Å². The molecular weight excluding hydrogens is 504 g/mol. The number of carbonyl (C=O) groups is 1. The van der Waals surface area contributed by atoms with Crippen LogP contribution in [0.4, 0.5) is 8.78 Å². The van der Waals surface area contributed by atoms with Crippen molar-refractivity contribution in [2.75, 3.05) is 19.7 Å². The number of pyridine rings is 1. The van der Waals surface area contributed by atoms with Gasteiger partial charge in [0.25, 0.3) is 17.4 Å². The van der Waals surface area contributed by atoms with E-state index in [9.17, 15) is 18.4 Å². The molecule has 0 bridgehead atoms. The quantitative estimate of drug-likeness (QED) is 0.587. The van der Waals surface area contributed by atoms with Crippen LogP contribution in [0.25, 0.3) is 0 Å². The Kier molecular flexibility index (Phi) is 6.96. The molecule has 1 saturated carbocycles. The lowest BCUT2D eigenvalue weighted by molar-refractivity contribution is -0.152. The number of amides is 1. The summed E-state index contributed by atoms with van der Waals surface area (Å²) >= 11 is 6.47. The molecule has 10 heteroatoms. The third kappa shape index (κ3) is 5.21. The highest BCUT2D eigenvalue weighted by Crippen LogP contribution is 2.45. The Morgan fingerprint density at radius 3 is 2.51 bits per heavy atom. The number of aryl methyl sites for hydroxylation is 2. The predicted molar refractivity (Wildman–Crippen MR) is 136 cm³/mol. The number of aromatic amines is 1. The second-order valence-corrected chi connectivity index (χ2v) is 11.0. The number of H-pyrrole nitrogens is 1. The highest BCUT2D eigenvalue weighted by molar-refractivity contribution is 6.32. The van der Waals surface area contributed by atoms with Gasteiger partial charge in [0.05, 0.1) is 18.1 Å². The summed E-state index contributed by atoms with van der Waals surface area (Å²) in [6.07, 6.45) is 3.25. The van der Waals surface area contributed by atoms with Crippen molar-refractivity contribution >= 4 is 17.5 Å². The van der Waals surface area contributed by atoms with E-state index in [1.165, 1.54) is 0 Å². The van der Waals surface area contributed by atoms with Gasteiger partial charge < -0.3 is 19.8 Å². The van der Waals surface area contributed by atoms with E-state index in [0.29, 0.717) is 34.8 Å². The molecule has 2 aromatic rings. The lowest BCUT2D eigenvalue weighted by Crippen LogP contribution is -2.60. The molecule has 3 heterocycles. The summed E-state index contributed by atoms with van der Waals surface area (Å²) in [7, 11) is 0. The molecule has 1 aliphatic carbocycles. The second kappa shape index (κ2) is 9.91. The summed E-state index contributed by atoms with van der Waals surface area (Å²) in [5.41, 5.74) is 2.81. The molecule has 200 valence electrons. The fourth-order valence-corrected chi connectivity index (χ4v) is 6.06. The van der Waals surface area contributed by atoms with E-state index in [-0.39, 0.29) is 54.2 Å². The molecule has 1 atom stereocenters. The topological polar surface area (TPSA) is 83.7 Å². The molecule has 2 fully saturated rings. The van der Waals surface area contributed by atoms with Gasteiger partial charge in [0.2, 0.25) is 0 Å². The van der Waals surface area contributed by atoms with Crippen LogP contribution in [0.15, 0.2) is 16.9 Å². The number of nitrogens with one attached hydrogen (secondary N) is 2. The zero-order valence-corrected chi connectivity index (χ0v) is 22.0. The molecule has 1 unspecified atom stereocenters. The highest BCUT2D eigenvalue weighted by Gasteiger charge is 2.47. The van der Waals surface area contributed by atoms with Crippen molar-refractivity contribution in [2.45, 2.75) is 71.1 Å². The minimum absolute atomic E-state index is 0.0839. The number of carbonyl (C=O) groups excluding carboxylic acids is 1.